The van der Waals surface area contributed by atoms with Gasteiger partial charge < -0.3 is 5.73 Å². The summed E-state index contributed by atoms with van der Waals surface area (Å²) in [5.41, 5.74) is 6.90. The fourth-order valence-corrected chi connectivity index (χ4v) is 1.12. The van der Waals surface area contributed by atoms with Crippen molar-refractivity contribution in [2.75, 3.05) is 5.73 Å². The van der Waals surface area contributed by atoms with Crippen molar-refractivity contribution < 1.29 is 4.39 Å². The van der Waals surface area contributed by atoms with Crippen molar-refractivity contribution in [3.05, 3.63) is 36.3 Å². The number of fused-ring (bicyclic) bond motifs is 1. The number of aromatic nitrogens is 1. The van der Waals surface area contributed by atoms with Crippen molar-refractivity contribution in [2.45, 2.75) is 0 Å². The van der Waals surface area contributed by atoms with E-state index in [1.54, 1.807) is 18.2 Å². The first kappa shape index (κ1) is 7.03. The highest BCUT2D eigenvalue weighted by atomic mass is 19.1. The SMILES string of the molecule is Nc1ccc2ncc(F)cc2c1. The number of hydrogen-bond donors (Lipinski definition) is 1. The molecule has 3 heteroatoms. The van der Waals surface area contributed by atoms with Gasteiger partial charge in [0.25, 0.3) is 0 Å². The lowest BCUT2D eigenvalue weighted by atomic mass is 10.2. The molecule has 0 aliphatic heterocycles. The summed E-state index contributed by atoms with van der Waals surface area (Å²) in [7, 11) is 0. The summed E-state index contributed by atoms with van der Waals surface area (Å²) < 4.78 is 12.7. The minimum atomic E-state index is -0.340. The van der Waals surface area contributed by atoms with Crippen molar-refractivity contribution in [2.24, 2.45) is 0 Å². The molecule has 2 nitrogen and oxygen atoms in total. The van der Waals surface area contributed by atoms with Crippen molar-refractivity contribution in [1.82, 2.24) is 4.98 Å². The van der Waals surface area contributed by atoms with Crippen LogP contribution in [0.15, 0.2) is 30.5 Å². The van der Waals surface area contributed by atoms with Crippen LogP contribution in [0.2, 0.25) is 0 Å². The first-order chi connectivity index (χ1) is 5.75. The Kier molecular flexibility index (Phi) is 1.43. The molecule has 0 atom stereocenters. The summed E-state index contributed by atoms with van der Waals surface area (Å²) in [5, 5.41) is 0.731. The molecule has 0 aliphatic carbocycles. The average molecular weight is 162 g/mol. The number of nitrogens with zero attached hydrogens (tertiary/aromatic N) is 1. The Labute approximate surface area is 68.8 Å². The van der Waals surface area contributed by atoms with Gasteiger partial charge in [0.2, 0.25) is 0 Å². The molecule has 0 amide bonds. The molecule has 0 radical (unpaired) electrons. The molecule has 60 valence electrons. The van der Waals surface area contributed by atoms with Crippen LogP contribution in [0.1, 0.15) is 0 Å². The summed E-state index contributed by atoms with van der Waals surface area (Å²) >= 11 is 0. The third-order valence-electron chi connectivity index (χ3n) is 1.67. The van der Waals surface area contributed by atoms with Gasteiger partial charge in [-0.1, -0.05) is 0 Å². The second-order valence-corrected chi connectivity index (χ2v) is 2.61. The molecule has 2 aromatic rings. The smallest absolute Gasteiger partial charge is 0.142 e. The van der Waals surface area contributed by atoms with E-state index in [2.05, 4.69) is 4.98 Å². The molecule has 0 aliphatic rings. The van der Waals surface area contributed by atoms with E-state index in [-0.39, 0.29) is 5.82 Å². The van der Waals surface area contributed by atoms with Gasteiger partial charge in [-0.05, 0) is 24.3 Å². The fraction of sp³-hybridized carbons (Fsp3) is 0. The standard InChI is InChI=1S/C9H7FN2/c10-7-3-6-4-8(11)1-2-9(6)12-5-7/h1-5H,11H2. The largest absolute Gasteiger partial charge is 0.399 e. The normalized spacial score (nSPS) is 10.4. The molecule has 0 bridgehead atoms. The number of nitrogens with two attached hydrogens (primary N) is 1. The third kappa shape index (κ3) is 1.09. The van der Waals surface area contributed by atoms with Crippen LogP contribution in [-0.4, -0.2) is 4.98 Å². The Morgan fingerprint density at radius 3 is 2.92 bits per heavy atom. The first-order valence-corrected chi connectivity index (χ1v) is 3.56. The van der Waals surface area contributed by atoms with E-state index in [1.165, 1.54) is 12.3 Å². The van der Waals surface area contributed by atoms with Gasteiger partial charge in [0, 0.05) is 11.1 Å². The van der Waals surface area contributed by atoms with Crippen molar-refractivity contribution in [3.63, 3.8) is 0 Å². The van der Waals surface area contributed by atoms with Gasteiger partial charge in [0.05, 0.1) is 11.7 Å². The lowest BCUT2D eigenvalue weighted by Gasteiger charge is -1.97. The molecule has 2 N–H and O–H groups in total. The van der Waals surface area contributed by atoms with Crippen LogP contribution in [0.25, 0.3) is 10.9 Å². The van der Waals surface area contributed by atoms with E-state index in [9.17, 15) is 4.39 Å². The van der Waals surface area contributed by atoms with E-state index >= 15 is 0 Å². The highest BCUT2D eigenvalue weighted by Gasteiger charge is 1.96. The fourth-order valence-electron chi connectivity index (χ4n) is 1.12. The second kappa shape index (κ2) is 2.44. The summed E-state index contributed by atoms with van der Waals surface area (Å²) in [6.07, 6.45) is 1.19. The maximum atomic E-state index is 12.7. The number of halogens is 1. The monoisotopic (exact) mass is 162 g/mol. The molecule has 1 heterocycles. The van der Waals surface area contributed by atoms with E-state index in [1.807, 2.05) is 0 Å². The van der Waals surface area contributed by atoms with E-state index < -0.39 is 0 Å². The molecule has 0 spiro atoms. The van der Waals surface area contributed by atoms with Crippen LogP contribution in [0.5, 0.6) is 0 Å². The lowest BCUT2D eigenvalue weighted by Crippen LogP contribution is -1.86. The molecule has 1 aromatic carbocycles. The zero-order valence-electron chi connectivity index (χ0n) is 6.29. The van der Waals surface area contributed by atoms with Gasteiger partial charge in [-0.3, -0.25) is 4.98 Å². The van der Waals surface area contributed by atoms with Gasteiger partial charge in [0.15, 0.2) is 0 Å². The Bertz CT molecular complexity index is 389. The van der Waals surface area contributed by atoms with Crippen LogP contribution in [0, 0.1) is 5.82 Å². The minimum Gasteiger partial charge on any atom is -0.399 e. The quantitative estimate of drug-likeness (QED) is 0.601. The molecular weight excluding hydrogens is 155 g/mol. The highest BCUT2D eigenvalue weighted by Crippen LogP contribution is 2.15. The maximum Gasteiger partial charge on any atom is 0.142 e. The zero-order chi connectivity index (χ0) is 8.55. The Balaban J connectivity index is 2.80. The number of benzene rings is 1. The maximum absolute atomic E-state index is 12.7. The molecule has 12 heavy (non-hydrogen) atoms. The van der Waals surface area contributed by atoms with E-state index in [4.69, 9.17) is 5.73 Å². The summed E-state index contributed by atoms with van der Waals surface area (Å²) in [6.45, 7) is 0. The highest BCUT2D eigenvalue weighted by molar-refractivity contribution is 5.81. The summed E-state index contributed by atoms with van der Waals surface area (Å²) in [4.78, 5) is 3.89. The predicted molar refractivity (Wildman–Crippen MR) is 46.1 cm³/mol. The second-order valence-electron chi connectivity index (χ2n) is 2.61. The summed E-state index contributed by atoms with van der Waals surface area (Å²) in [6, 6.07) is 6.63. The van der Waals surface area contributed by atoms with Crippen molar-refractivity contribution >= 4 is 16.6 Å². The predicted octanol–water partition coefficient (Wildman–Crippen LogP) is 1.96. The molecule has 2 rings (SSSR count). The summed E-state index contributed by atoms with van der Waals surface area (Å²) in [5.74, 6) is -0.340. The Morgan fingerprint density at radius 2 is 2.08 bits per heavy atom. The average Bonchev–Trinajstić information content (AvgIpc) is 2.03. The van der Waals surface area contributed by atoms with Crippen molar-refractivity contribution in [3.8, 4) is 0 Å². The first-order valence-electron chi connectivity index (χ1n) is 3.56. The van der Waals surface area contributed by atoms with Crippen LogP contribution >= 0.6 is 0 Å². The van der Waals surface area contributed by atoms with Crippen LogP contribution < -0.4 is 5.73 Å². The zero-order valence-corrected chi connectivity index (χ0v) is 6.29. The van der Waals surface area contributed by atoms with E-state index in [0.29, 0.717) is 5.69 Å². The van der Waals surface area contributed by atoms with Crippen LogP contribution in [0.4, 0.5) is 10.1 Å². The van der Waals surface area contributed by atoms with Gasteiger partial charge in [-0.2, -0.15) is 0 Å². The van der Waals surface area contributed by atoms with Gasteiger partial charge in [-0.25, -0.2) is 4.39 Å². The van der Waals surface area contributed by atoms with E-state index in [0.717, 1.165) is 10.9 Å². The molecule has 0 saturated heterocycles. The number of anilines is 1. The Morgan fingerprint density at radius 1 is 1.25 bits per heavy atom. The molecule has 0 unspecified atom stereocenters. The van der Waals surface area contributed by atoms with Gasteiger partial charge in [-0.15, -0.1) is 0 Å². The molecular formula is C9H7FN2. The molecule has 1 aromatic heterocycles. The lowest BCUT2D eigenvalue weighted by molar-refractivity contribution is 0.624. The molecule has 0 saturated carbocycles. The molecule has 0 fully saturated rings. The van der Waals surface area contributed by atoms with Gasteiger partial charge >= 0.3 is 0 Å². The van der Waals surface area contributed by atoms with Gasteiger partial charge in [0.1, 0.15) is 5.82 Å². The number of nitrogen functional groups attached to an aromatic ring is 1. The minimum absolute atomic E-state index is 0.340. The Hall–Kier alpha value is -1.64. The third-order valence-corrected chi connectivity index (χ3v) is 1.67. The van der Waals surface area contributed by atoms with Crippen LogP contribution in [0.3, 0.4) is 0 Å². The number of pyridine rings is 1. The van der Waals surface area contributed by atoms with Crippen molar-refractivity contribution in [1.29, 1.82) is 0 Å². The number of hydrogen-bond acceptors (Lipinski definition) is 2. The van der Waals surface area contributed by atoms with Crippen LogP contribution in [-0.2, 0) is 0 Å². The topological polar surface area (TPSA) is 38.9 Å². The number of rotatable bonds is 0.